The summed E-state index contributed by atoms with van der Waals surface area (Å²) in [7, 11) is 0. The molecule has 0 aliphatic rings. The van der Waals surface area contributed by atoms with E-state index in [1.807, 2.05) is 0 Å². The minimum absolute atomic E-state index is 0.0196. The van der Waals surface area contributed by atoms with E-state index in [1.54, 1.807) is 19.1 Å². The van der Waals surface area contributed by atoms with Crippen molar-refractivity contribution in [3.05, 3.63) is 39.8 Å². The van der Waals surface area contributed by atoms with Crippen LogP contribution in [0.15, 0.2) is 23.1 Å². The van der Waals surface area contributed by atoms with Crippen molar-refractivity contribution in [2.45, 2.75) is 20.0 Å². The summed E-state index contributed by atoms with van der Waals surface area (Å²) in [5.41, 5.74) is -0.0917. The molecule has 20 heavy (non-hydrogen) atoms. The van der Waals surface area contributed by atoms with Gasteiger partial charge < -0.3 is 15.5 Å². The van der Waals surface area contributed by atoms with Gasteiger partial charge in [0.1, 0.15) is 5.65 Å². The zero-order chi connectivity index (χ0) is 14.9. The maximum atomic E-state index is 12.2. The number of rotatable bonds is 3. The van der Waals surface area contributed by atoms with E-state index in [4.69, 9.17) is 5.11 Å². The number of nitrogens with zero attached hydrogens (tertiary/aromatic N) is 2. The molecule has 0 radical (unpaired) electrons. The molecule has 0 aliphatic carbocycles. The fraction of sp³-hybridized carbons (Fsp3) is 0.308. The molecule has 0 fully saturated rings. The van der Waals surface area contributed by atoms with E-state index in [1.165, 1.54) is 17.5 Å². The van der Waals surface area contributed by atoms with Gasteiger partial charge in [-0.25, -0.2) is 0 Å². The second-order valence-electron chi connectivity index (χ2n) is 4.56. The van der Waals surface area contributed by atoms with Crippen LogP contribution in [0.1, 0.15) is 22.8 Å². The molecule has 2 heterocycles. The average Bonchev–Trinajstić information content (AvgIpc) is 2.38. The number of amides is 1. The molecule has 0 spiro atoms. The molecule has 7 nitrogen and oxygen atoms in total. The Balaban J connectivity index is 2.55. The zero-order valence-corrected chi connectivity index (χ0v) is 11.1. The third-order valence-electron chi connectivity index (χ3n) is 2.82. The van der Waals surface area contributed by atoms with Crippen molar-refractivity contribution in [3.8, 4) is 5.88 Å². The first kappa shape index (κ1) is 14.0. The van der Waals surface area contributed by atoms with Crippen molar-refractivity contribution >= 4 is 11.6 Å². The Morgan fingerprint density at radius 2 is 2.25 bits per heavy atom. The molecular weight excluding hydrogens is 262 g/mol. The molecule has 0 saturated heterocycles. The van der Waals surface area contributed by atoms with E-state index >= 15 is 0 Å². The van der Waals surface area contributed by atoms with Crippen molar-refractivity contribution in [2.24, 2.45) is 0 Å². The van der Waals surface area contributed by atoms with Crippen LogP contribution < -0.4 is 10.9 Å². The number of aryl methyl sites for hydroxylation is 1. The molecule has 1 amide bonds. The van der Waals surface area contributed by atoms with Crippen molar-refractivity contribution in [3.63, 3.8) is 0 Å². The van der Waals surface area contributed by atoms with Crippen LogP contribution in [0.25, 0.3) is 5.65 Å². The number of hydrogen-bond acceptors (Lipinski definition) is 5. The van der Waals surface area contributed by atoms with Crippen LogP contribution in [0.4, 0.5) is 0 Å². The highest BCUT2D eigenvalue weighted by molar-refractivity contribution is 5.96. The van der Waals surface area contributed by atoms with E-state index in [-0.39, 0.29) is 6.54 Å². The predicted molar refractivity (Wildman–Crippen MR) is 71.9 cm³/mol. The van der Waals surface area contributed by atoms with Crippen LogP contribution in [0.5, 0.6) is 5.88 Å². The Morgan fingerprint density at radius 3 is 2.90 bits per heavy atom. The maximum Gasteiger partial charge on any atom is 0.274 e. The van der Waals surface area contributed by atoms with E-state index in [9.17, 15) is 14.7 Å². The Labute approximate surface area is 114 Å². The summed E-state index contributed by atoms with van der Waals surface area (Å²) in [4.78, 5) is 28.0. The molecule has 1 atom stereocenters. The van der Waals surface area contributed by atoms with E-state index in [2.05, 4.69) is 10.3 Å². The summed E-state index contributed by atoms with van der Waals surface area (Å²) >= 11 is 0. The smallest absolute Gasteiger partial charge is 0.274 e. The lowest BCUT2D eigenvalue weighted by Gasteiger charge is -2.09. The molecule has 2 aromatic heterocycles. The predicted octanol–water partition coefficient (Wildman–Crippen LogP) is -0.181. The molecule has 2 aromatic rings. The van der Waals surface area contributed by atoms with Gasteiger partial charge >= 0.3 is 0 Å². The molecule has 3 N–H and O–H groups in total. The lowest BCUT2D eigenvalue weighted by Crippen LogP contribution is -2.35. The Bertz CT molecular complexity index is 721. The molecule has 0 aromatic carbocycles. The summed E-state index contributed by atoms with van der Waals surface area (Å²) in [5.74, 6) is -1.39. The lowest BCUT2D eigenvalue weighted by molar-refractivity contribution is 0.0919. The Kier molecular flexibility index (Phi) is 3.71. The number of aliphatic hydroxyl groups excluding tert-OH is 1. The third kappa shape index (κ3) is 2.48. The van der Waals surface area contributed by atoms with Crippen LogP contribution in [-0.2, 0) is 0 Å². The van der Waals surface area contributed by atoms with Crippen LogP contribution in [-0.4, -0.2) is 38.2 Å². The van der Waals surface area contributed by atoms with Crippen LogP contribution in [0, 0.1) is 6.92 Å². The van der Waals surface area contributed by atoms with Gasteiger partial charge in [-0.3, -0.25) is 14.0 Å². The fourth-order valence-corrected chi connectivity index (χ4v) is 1.81. The number of carbonyl (C=O) groups is 1. The van der Waals surface area contributed by atoms with Gasteiger partial charge in [0, 0.05) is 12.7 Å². The summed E-state index contributed by atoms with van der Waals surface area (Å²) in [6.45, 7) is 3.22. The third-order valence-corrected chi connectivity index (χ3v) is 2.82. The number of fused-ring (bicyclic) bond motifs is 1. The highest BCUT2D eigenvalue weighted by Gasteiger charge is 2.20. The monoisotopic (exact) mass is 277 g/mol. The van der Waals surface area contributed by atoms with Gasteiger partial charge in [-0.2, -0.15) is 4.98 Å². The van der Waals surface area contributed by atoms with Crippen LogP contribution in [0.2, 0.25) is 0 Å². The molecule has 106 valence electrons. The maximum absolute atomic E-state index is 12.2. The number of aromatic hydroxyl groups is 1. The standard InChI is InChI=1S/C13H15N3O4/c1-7-4-3-5-16-10(7)15-12(19)9(13(16)20)11(18)14-6-8(2)17/h3-5,8,17,19H,6H2,1-2H3,(H,14,18). The number of pyridine rings is 1. The van der Waals surface area contributed by atoms with Gasteiger partial charge in [0.25, 0.3) is 11.5 Å². The van der Waals surface area contributed by atoms with Crippen molar-refractivity contribution in [2.75, 3.05) is 6.54 Å². The summed E-state index contributed by atoms with van der Waals surface area (Å²) in [6.07, 6.45) is 0.724. The quantitative estimate of drug-likeness (QED) is 0.722. The topological polar surface area (TPSA) is 104 Å². The van der Waals surface area contributed by atoms with Gasteiger partial charge in [0.05, 0.1) is 6.10 Å². The average molecular weight is 277 g/mol. The first-order chi connectivity index (χ1) is 9.41. The second kappa shape index (κ2) is 5.30. The number of aliphatic hydroxyl groups is 1. The molecule has 1 unspecified atom stereocenters. The van der Waals surface area contributed by atoms with E-state index in [0.29, 0.717) is 11.2 Å². The molecule has 0 saturated carbocycles. The molecule has 7 heteroatoms. The Morgan fingerprint density at radius 1 is 1.55 bits per heavy atom. The normalized spacial score (nSPS) is 12.3. The molecular formula is C13H15N3O4. The van der Waals surface area contributed by atoms with E-state index < -0.39 is 29.0 Å². The van der Waals surface area contributed by atoms with Crippen molar-refractivity contribution in [1.29, 1.82) is 0 Å². The minimum atomic E-state index is -0.767. The first-order valence-corrected chi connectivity index (χ1v) is 6.09. The second-order valence-corrected chi connectivity index (χ2v) is 4.56. The number of hydrogen-bond donors (Lipinski definition) is 3. The van der Waals surface area contributed by atoms with Crippen LogP contribution in [0.3, 0.4) is 0 Å². The molecule has 2 rings (SSSR count). The fourth-order valence-electron chi connectivity index (χ4n) is 1.81. The Hall–Kier alpha value is -2.41. The van der Waals surface area contributed by atoms with Gasteiger partial charge in [-0.1, -0.05) is 6.07 Å². The highest BCUT2D eigenvalue weighted by Crippen LogP contribution is 2.13. The zero-order valence-electron chi connectivity index (χ0n) is 11.1. The summed E-state index contributed by atoms with van der Waals surface area (Å²) < 4.78 is 1.20. The SMILES string of the molecule is Cc1cccn2c(=O)c(C(=O)NCC(C)O)c(O)nc12. The van der Waals surface area contributed by atoms with Gasteiger partial charge in [-0.15, -0.1) is 0 Å². The number of nitrogens with one attached hydrogen (secondary N) is 1. The van der Waals surface area contributed by atoms with Crippen LogP contribution >= 0.6 is 0 Å². The minimum Gasteiger partial charge on any atom is -0.493 e. The van der Waals surface area contributed by atoms with Crippen molar-refractivity contribution in [1.82, 2.24) is 14.7 Å². The van der Waals surface area contributed by atoms with Crippen molar-refractivity contribution < 1.29 is 15.0 Å². The largest absolute Gasteiger partial charge is 0.493 e. The number of aromatic nitrogens is 2. The van der Waals surface area contributed by atoms with E-state index in [0.717, 1.165) is 0 Å². The van der Waals surface area contributed by atoms with Gasteiger partial charge in [-0.05, 0) is 25.5 Å². The highest BCUT2D eigenvalue weighted by atomic mass is 16.3. The molecule has 0 aliphatic heterocycles. The lowest BCUT2D eigenvalue weighted by atomic mass is 10.2. The molecule has 0 bridgehead atoms. The van der Waals surface area contributed by atoms with Gasteiger partial charge in [0.2, 0.25) is 5.88 Å². The summed E-state index contributed by atoms with van der Waals surface area (Å²) in [6, 6.07) is 3.40. The number of carbonyl (C=O) groups excluding carboxylic acids is 1. The summed E-state index contributed by atoms with van der Waals surface area (Å²) in [5, 5.41) is 21.3. The van der Waals surface area contributed by atoms with Gasteiger partial charge in [0.15, 0.2) is 5.56 Å². The first-order valence-electron chi connectivity index (χ1n) is 6.09.